The molecule has 5 nitrogen and oxygen atoms in total. The molecular formula is C13H11BrN4O. The van der Waals surface area contributed by atoms with Gasteiger partial charge in [-0.15, -0.1) is 0 Å². The van der Waals surface area contributed by atoms with Crippen LogP contribution in [0.4, 0.5) is 5.82 Å². The molecule has 0 radical (unpaired) electrons. The Morgan fingerprint density at radius 3 is 2.58 bits per heavy atom. The van der Waals surface area contributed by atoms with Gasteiger partial charge in [-0.25, -0.2) is 0 Å². The van der Waals surface area contributed by atoms with Crippen LogP contribution in [0.3, 0.4) is 0 Å². The van der Waals surface area contributed by atoms with E-state index in [1.54, 1.807) is 17.1 Å². The topological polar surface area (TPSA) is 69.9 Å². The van der Waals surface area contributed by atoms with E-state index in [9.17, 15) is 0 Å². The standard InChI is InChI=1S/C13H11BrN4O/c1-18-13(15)11(8-4-6-16-7-5-8)12(17-18)9-2-3-10(14)19-9/h2-7H,15H2,1H3. The summed E-state index contributed by atoms with van der Waals surface area (Å²) in [5.41, 5.74) is 8.64. The highest BCUT2D eigenvalue weighted by molar-refractivity contribution is 9.10. The minimum atomic E-state index is 0.591. The summed E-state index contributed by atoms with van der Waals surface area (Å²) < 4.78 is 7.87. The summed E-state index contributed by atoms with van der Waals surface area (Å²) in [6.07, 6.45) is 3.45. The van der Waals surface area contributed by atoms with E-state index in [-0.39, 0.29) is 0 Å². The molecule has 0 aliphatic rings. The highest BCUT2D eigenvalue weighted by Crippen LogP contribution is 2.36. The number of hydrogen-bond acceptors (Lipinski definition) is 4. The van der Waals surface area contributed by atoms with Gasteiger partial charge in [-0.05, 0) is 45.8 Å². The maximum absolute atomic E-state index is 6.11. The highest BCUT2D eigenvalue weighted by Gasteiger charge is 2.19. The van der Waals surface area contributed by atoms with Gasteiger partial charge in [0.05, 0.1) is 5.56 Å². The first-order valence-electron chi connectivity index (χ1n) is 5.65. The molecule has 0 unspecified atom stereocenters. The molecule has 3 heterocycles. The van der Waals surface area contributed by atoms with Gasteiger partial charge in [-0.3, -0.25) is 9.67 Å². The third-order valence-electron chi connectivity index (χ3n) is 2.87. The van der Waals surface area contributed by atoms with Crippen LogP contribution in [0.15, 0.2) is 45.7 Å². The van der Waals surface area contributed by atoms with Crippen LogP contribution >= 0.6 is 15.9 Å². The molecule has 0 amide bonds. The van der Waals surface area contributed by atoms with Crippen LogP contribution in [-0.2, 0) is 7.05 Å². The van der Waals surface area contributed by atoms with Crippen LogP contribution < -0.4 is 5.73 Å². The second-order valence-corrected chi connectivity index (χ2v) is 4.85. The van der Waals surface area contributed by atoms with E-state index in [4.69, 9.17) is 10.2 Å². The summed E-state index contributed by atoms with van der Waals surface area (Å²) in [5.74, 6) is 1.26. The first-order valence-corrected chi connectivity index (χ1v) is 6.44. The fraction of sp³-hybridized carbons (Fsp3) is 0.0769. The van der Waals surface area contributed by atoms with E-state index in [1.807, 2.05) is 31.3 Å². The number of pyridine rings is 1. The lowest BCUT2D eigenvalue weighted by Gasteiger charge is -2.01. The van der Waals surface area contributed by atoms with Gasteiger partial charge in [-0.2, -0.15) is 5.10 Å². The average Bonchev–Trinajstić information content (AvgIpc) is 2.96. The molecule has 0 aliphatic heterocycles. The summed E-state index contributed by atoms with van der Waals surface area (Å²) in [5, 5.41) is 4.43. The third kappa shape index (κ3) is 2.04. The Balaban J connectivity index is 2.24. The number of rotatable bonds is 2. The lowest BCUT2D eigenvalue weighted by molar-refractivity contribution is 0.552. The molecular weight excluding hydrogens is 308 g/mol. The van der Waals surface area contributed by atoms with Gasteiger partial charge in [0.25, 0.3) is 0 Å². The van der Waals surface area contributed by atoms with Gasteiger partial charge in [0.15, 0.2) is 10.4 Å². The van der Waals surface area contributed by atoms with Gasteiger partial charge in [0.2, 0.25) is 0 Å². The number of furan rings is 1. The van der Waals surface area contributed by atoms with E-state index in [1.165, 1.54) is 0 Å². The molecule has 0 spiro atoms. The molecule has 0 fully saturated rings. The van der Waals surface area contributed by atoms with Crippen molar-refractivity contribution in [3.8, 4) is 22.6 Å². The molecule has 19 heavy (non-hydrogen) atoms. The van der Waals surface area contributed by atoms with Crippen LogP contribution in [-0.4, -0.2) is 14.8 Å². The van der Waals surface area contributed by atoms with E-state index in [2.05, 4.69) is 26.0 Å². The predicted molar refractivity (Wildman–Crippen MR) is 76.3 cm³/mol. The number of nitrogen functional groups attached to an aromatic ring is 1. The molecule has 0 atom stereocenters. The second-order valence-electron chi connectivity index (χ2n) is 4.07. The quantitative estimate of drug-likeness (QED) is 0.788. The van der Waals surface area contributed by atoms with Crippen molar-refractivity contribution in [2.24, 2.45) is 7.05 Å². The number of nitrogens with zero attached hydrogens (tertiary/aromatic N) is 3. The van der Waals surface area contributed by atoms with Crippen molar-refractivity contribution in [3.05, 3.63) is 41.3 Å². The summed E-state index contributed by atoms with van der Waals surface area (Å²) >= 11 is 3.29. The molecule has 96 valence electrons. The summed E-state index contributed by atoms with van der Waals surface area (Å²) in [7, 11) is 1.81. The van der Waals surface area contributed by atoms with Crippen LogP contribution in [0.1, 0.15) is 0 Å². The van der Waals surface area contributed by atoms with E-state index in [0.29, 0.717) is 16.2 Å². The number of hydrogen-bond donors (Lipinski definition) is 1. The Kier molecular flexibility index (Phi) is 2.87. The van der Waals surface area contributed by atoms with Crippen molar-refractivity contribution >= 4 is 21.7 Å². The molecule has 0 aliphatic carbocycles. The third-order valence-corrected chi connectivity index (χ3v) is 3.29. The van der Waals surface area contributed by atoms with Gasteiger partial charge >= 0.3 is 0 Å². The maximum Gasteiger partial charge on any atom is 0.169 e. The molecule has 3 aromatic rings. The maximum atomic E-state index is 6.11. The number of anilines is 1. The average molecular weight is 319 g/mol. The van der Waals surface area contributed by atoms with E-state index < -0.39 is 0 Å². The molecule has 0 bridgehead atoms. The van der Waals surface area contributed by atoms with E-state index >= 15 is 0 Å². The molecule has 3 rings (SSSR count). The molecule has 6 heteroatoms. The number of nitrogens with two attached hydrogens (primary N) is 1. The Morgan fingerprint density at radius 2 is 1.95 bits per heavy atom. The largest absolute Gasteiger partial charge is 0.448 e. The summed E-state index contributed by atoms with van der Waals surface area (Å²) in [4.78, 5) is 4.01. The fourth-order valence-electron chi connectivity index (χ4n) is 1.95. The van der Waals surface area contributed by atoms with Crippen LogP contribution in [0.2, 0.25) is 0 Å². The van der Waals surface area contributed by atoms with Crippen molar-refractivity contribution in [2.45, 2.75) is 0 Å². The SMILES string of the molecule is Cn1nc(-c2ccc(Br)o2)c(-c2ccncc2)c1N. The predicted octanol–water partition coefficient (Wildman–Crippen LogP) is 3.09. The number of aryl methyl sites for hydroxylation is 1. The first kappa shape index (κ1) is 12.0. The van der Waals surface area contributed by atoms with Crippen molar-refractivity contribution in [1.82, 2.24) is 14.8 Å². The Bertz CT molecular complexity index is 718. The number of halogens is 1. The monoisotopic (exact) mass is 318 g/mol. The highest BCUT2D eigenvalue weighted by atomic mass is 79.9. The molecule has 0 saturated heterocycles. The van der Waals surface area contributed by atoms with Crippen LogP contribution in [0.5, 0.6) is 0 Å². The van der Waals surface area contributed by atoms with Crippen LogP contribution in [0, 0.1) is 0 Å². The lowest BCUT2D eigenvalue weighted by Crippen LogP contribution is -1.97. The fourth-order valence-corrected chi connectivity index (χ4v) is 2.26. The zero-order valence-electron chi connectivity index (χ0n) is 10.2. The zero-order chi connectivity index (χ0) is 13.4. The van der Waals surface area contributed by atoms with Crippen LogP contribution in [0.25, 0.3) is 22.6 Å². The van der Waals surface area contributed by atoms with Gasteiger partial charge < -0.3 is 10.2 Å². The van der Waals surface area contributed by atoms with Crippen molar-refractivity contribution in [2.75, 3.05) is 5.73 Å². The first-order chi connectivity index (χ1) is 9.16. The Morgan fingerprint density at radius 1 is 1.21 bits per heavy atom. The van der Waals surface area contributed by atoms with Gasteiger partial charge in [0, 0.05) is 19.4 Å². The molecule has 3 aromatic heterocycles. The van der Waals surface area contributed by atoms with Gasteiger partial charge in [-0.1, -0.05) is 0 Å². The lowest BCUT2D eigenvalue weighted by atomic mass is 10.1. The summed E-state index contributed by atoms with van der Waals surface area (Å²) in [6, 6.07) is 7.48. The Labute approximate surface area is 118 Å². The van der Waals surface area contributed by atoms with E-state index in [0.717, 1.165) is 16.8 Å². The van der Waals surface area contributed by atoms with Gasteiger partial charge in [0.1, 0.15) is 11.5 Å². The smallest absolute Gasteiger partial charge is 0.169 e. The minimum Gasteiger partial charge on any atom is -0.448 e. The molecule has 0 saturated carbocycles. The van der Waals surface area contributed by atoms with Crippen molar-refractivity contribution < 1.29 is 4.42 Å². The molecule has 2 N–H and O–H groups in total. The molecule has 0 aromatic carbocycles. The van der Waals surface area contributed by atoms with Crippen molar-refractivity contribution in [3.63, 3.8) is 0 Å². The minimum absolute atomic E-state index is 0.591. The summed E-state index contributed by atoms with van der Waals surface area (Å²) in [6.45, 7) is 0. The normalized spacial score (nSPS) is 10.8. The Hall–Kier alpha value is -2.08. The second kappa shape index (κ2) is 4.55. The van der Waals surface area contributed by atoms with Crippen molar-refractivity contribution in [1.29, 1.82) is 0 Å². The number of aromatic nitrogens is 3. The zero-order valence-corrected chi connectivity index (χ0v) is 11.8.